The average Bonchev–Trinajstić information content (AvgIpc) is 2.18. The molecule has 4 nitrogen and oxygen atoms in total. The van der Waals surface area contributed by atoms with Gasteiger partial charge in [-0.15, -0.1) is 3.89 Å². The number of benzene rings is 1. The predicted octanol–water partition coefficient (Wildman–Crippen LogP) is 1.92. The Labute approximate surface area is 95.0 Å². The Balaban J connectivity index is 3.56. The fourth-order valence-corrected chi connectivity index (χ4v) is 1.87. The van der Waals surface area contributed by atoms with Crippen LogP contribution in [0.4, 0.5) is 8.28 Å². The monoisotopic (exact) mass is 270 g/mol. The lowest BCUT2D eigenvalue weighted by Crippen LogP contribution is -2.08. The lowest BCUT2D eigenvalue weighted by Gasteiger charge is -2.04. The Bertz CT molecular complexity index is 541. The molecule has 0 aliphatic heterocycles. The van der Waals surface area contributed by atoms with Gasteiger partial charge in [-0.05, 0) is 12.1 Å². The predicted molar refractivity (Wildman–Crippen MR) is 51.0 cm³/mol. The maximum Gasteiger partial charge on any atom is 0.340 e. The summed E-state index contributed by atoms with van der Waals surface area (Å²) in [5, 5.41) is -0.293. The summed E-state index contributed by atoms with van der Waals surface area (Å²) in [7, 11) is -4.32. The molecule has 0 radical (unpaired) electrons. The van der Waals surface area contributed by atoms with E-state index in [4.69, 9.17) is 11.6 Å². The Kier molecular flexibility index (Phi) is 3.49. The number of hydrogen-bond acceptors (Lipinski definition) is 4. The summed E-state index contributed by atoms with van der Waals surface area (Å²) in [6.07, 6.45) is 0. The summed E-state index contributed by atoms with van der Waals surface area (Å²) in [5.41, 5.74) is -0.744. The van der Waals surface area contributed by atoms with E-state index in [1.807, 2.05) is 0 Å². The molecule has 0 heterocycles. The van der Waals surface area contributed by atoms with Crippen molar-refractivity contribution >= 4 is 27.8 Å². The Morgan fingerprint density at radius 3 is 2.44 bits per heavy atom. The molecule has 0 bridgehead atoms. The number of hydrogen-bond donors (Lipinski definition) is 0. The highest BCUT2D eigenvalue weighted by Gasteiger charge is 2.25. The highest BCUT2D eigenvalue weighted by Crippen LogP contribution is 2.25. The van der Waals surface area contributed by atoms with Gasteiger partial charge in [0.15, 0.2) is 5.82 Å². The zero-order valence-corrected chi connectivity index (χ0v) is 9.40. The van der Waals surface area contributed by atoms with Gasteiger partial charge in [-0.2, -0.15) is 8.42 Å². The van der Waals surface area contributed by atoms with E-state index >= 15 is 0 Å². The minimum Gasteiger partial charge on any atom is -0.465 e. The van der Waals surface area contributed by atoms with E-state index in [1.54, 1.807) is 0 Å². The molecule has 0 unspecified atom stereocenters. The van der Waals surface area contributed by atoms with Gasteiger partial charge in [0.25, 0.3) is 0 Å². The molecular weight excluding hydrogens is 266 g/mol. The summed E-state index contributed by atoms with van der Waals surface area (Å²) in [4.78, 5) is 9.74. The third-order valence-electron chi connectivity index (χ3n) is 1.67. The molecule has 0 spiro atoms. The number of methoxy groups -OCH3 is 1. The molecule has 1 aromatic carbocycles. The normalized spacial score (nSPS) is 11.2. The molecular formula is C8H5ClF2O4S. The van der Waals surface area contributed by atoms with Crippen molar-refractivity contribution < 1.29 is 26.2 Å². The first kappa shape index (κ1) is 12.9. The minimum atomic E-state index is -5.29. The van der Waals surface area contributed by atoms with E-state index in [0.29, 0.717) is 6.07 Å². The van der Waals surface area contributed by atoms with E-state index in [2.05, 4.69) is 4.74 Å². The maximum absolute atomic E-state index is 13.4. The molecule has 0 amide bonds. The van der Waals surface area contributed by atoms with E-state index in [1.165, 1.54) is 0 Å². The Morgan fingerprint density at radius 2 is 2.00 bits per heavy atom. The molecule has 1 aromatic rings. The van der Waals surface area contributed by atoms with Gasteiger partial charge in [-0.3, -0.25) is 0 Å². The molecule has 0 N–H and O–H groups in total. The summed E-state index contributed by atoms with van der Waals surface area (Å²) >= 11 is 5.42. The van der Waals surface area contributed by atoms with Crippen molar-refractivity contribution in [3.8, 4) is 0 Å². The van der Waals surface area contributed by atoms with Gasteiger partial charge in [-0.25, -0.2) is 9.18 Å². The maximum atomic E-state index is 13.4. The molecule has 0 saturated carbocycles. The second kappa shape index (κ2) is 4.34. The fraction of sp³-hybridized carbons (Fsp3) is 0.125. The zero-order valence-electron chi connectivity index (χ0n) is 7.83. The number of rotatable bonds is 2. The Morgan fingerprint density at radius 1 is 1.44 bits per heavy atom. The van der Waals surface area contributed by atoms with Crippen molar-refractivity contribution in [1.29, 1.82) is 0 Å². The molecule has 16 heavy (non-hydrogen) atoms. The van der Waals surface area contributed by atoms with E-state index in [9.17, 15) is 21.5 Å². The third kappa shape index (κ3) is 2.48. The molecule has 0 aliphatic carbocycles. The second-order valence-electron chi connectivity index (χ2n) is 2.69. The quantitative estimate of drug-likeness (QED) is 0.608. The topological polar surface area (TPSA) is 60.4 Å². The number of halogens is 3. The highest BCUT2D eigenvalue weighted by atomic mass is 35.5. The van der Waals surface area contributed by atoms with Crippen molar-refractivity contribution in [2.45, 2.75) is 4.90 Å². The molecule has 0 fully saturated rings. The van der Waals surface area contributed by atoms with Gasteiger partial charge in [0.05, 0.1) is 12.7 Å². The summed E-state index contributed by atoms with van der Waals surface area (Å²) in [5.74, 6) is -2.68. The first-order valence-electron chi connectivity index (χ1n) is 3.79. The van der Waals surface area contributed by atoms with E-state index in [-0.39, 0.29) is 5.02 Å². The lowest BCUT2D eigenvalue weighted by molar-refractivity contribution is 0.0595. The van der Waals surface area contributed by atoms with Gasteiger partial charge < -0.3 is 4.74 Å². The van der Waals surface area contributed by atoms with Gasteiger partial charge in [0, 0.05) is 5.02 Å². The largest absolute Gasteiger partial charge is 0.465 e. The number of carbonyl (C=O) groups excluding carboxylic acids is 1. The average molecular weight is 271 g/mol. The van der Waals surface area contributed by atoms with Crippen LogP contribution in [-0.2, 0) is 15.0 Å². The van der Waals surface area contributed by atoms with Crippen molar-refractivity contribution in [3.63, 3.8) is 0 Å². The molecule has 8 heteroatoms. The van der Waals surface area contributed by atoms with Crippen LogP contribution in [-0.4, -0.2) is 21.5 Å². The SMILES string of the molecule is COC(=O)c1cc(Cl)cc(S(=O)(=O)F)c1F. The van der Waals surface area contributed by atoms with Gasteiger partial charge in [0.2, 0.25) is 0 Å². The van der Waals surface area contributed by atoms with Crippen LogP contribution in [0.2, 0.25) is 5.02 Å². The molecule has 0 atom stereocenters. The lowest BCUT2D eigenvalue weighted by atomic mass is 10.2. The van der Waals surface area contributed by atoms with Gasteiger partial charge >= 0.3 is 16.2 Å². The molecule has 88 valence electrons. The minimum absolute atomic E-state index is 0.293. The van der Waals surface area contributed by atoms with Crippen LogP contribution in [0.1, 0.15) is 10.4 Å². The van der Waals surface area contributed by atoms with Crippen LogP contribution in [0.5, 0.6) is 0 Å². The third-order valence-corrected chi connectivity index (χ3v) is 2.71. The molecule has 0 aliphatic rings. The molecule has 0 saturated heterocycles. The first-order chi connectivity index (χ1) is 7.27. The highest BCUT2D eigenvalue weighted by molar-refractivity contribution is 7.86. The number of ether oxygens (including phenoxy) is 1. The van der Waals surface area contributed by atoms with Crippen LogP contribution in [0.25, 0.3) is 0 Å². The van der Waals surface area contributed by atoms with Crippen molar-refractivity contribution in [1.82, 2.24) is 0 Å². The van der Waals surface area contributed by atoms with Crippen molar-refractivity contribution in [2.24, 2.45) is 0 Å². The first-order valence-corrected chi connectivity index (χ1v) is 5.55. The van der Waals surface area contributed by atoms with E-state index < -0.39 is 32.5 Å². The zero-order chi connectivity index (χ0) is 12.5. The van der Waals surface area contributed by atoms with E-state index in [0.717, 1.165) is 13.2 Å². The standard InChI is InChI=1S/C8H5ClF2O4S/c1-15-8(12)5-2-4(9)3-6(7(5)10)16(11,13)14/h2-3H,1H3. The number of esters is 1. The Hall–Kier alpha value is -1.21. The van der Waals surface area contributed by atoms with Crippen LogP contribution < -0.4 is 0 Å². The van der Waals surface area contributed by atoms with Gasteiger partial charge in [0.1, 0.15) is 4.90 Å². The van der Waals surface area contributed by atoms with Crippen LogP contribution in [0.15, 0.2) is 17.0 Å². The summed E-state index contributed by atoms with van der Waals surface area (Å²) in [6, 6.07) is 1.41. The van der Waals surface area contributed by atoms with Crippen LogP contribution in [0.3, 0.4) is 0 Å². The van der Waals surface area contributed by atoms with Crippen molar-refractivity contribution in [3.05, 3.63) is 28.5 Å². The van der Waals surface area contributed by atoms with Crippen LogP contribution >= 0.6 is 11.6 Å². The molecule has 1 rings (SSSR count). The molecule has 0 aromatic heterocycles. The van der Waals surface area contributed by atoms with Crippen molar-refractivity contribution in [2.75, 3.05) is 7.11 Å². The van der Waals surface area contributed by atoms with Crippen LogP contribution in [0, 0.1) is 5.82 Å². The van der Waals surface area contributed by atoms with Gasteiger partial charge in [-0.1, -0.05) is 11.6 Å². The second-order valence-corrected chi connectivity index (χ2v) is 4.45. The summed E-state index contributed by atoms with van der Waals surface area (Å²) < 4.78 is 51.3. The smallest absolute Gasteiger partial charge is 0.340 e. The number of carbonyl (C=O) groups is 1. The fourth-order valence-electron chi connectivity index (χ4n) is 1.00. The summed E-state index contributed by atoms with van der Waals surface area (Å²) in [6.45, 7) is 0.